The molecule has 1 aliphatic rings. The number of terminal acetylenes is 1. The van der Waals surface area contributed by atoms with Crippen molar-refractivity contribution in [3.8, 4) is 23.5 Å². The molecular weight excluding hydrogens is 330 g/mol. The van der Waals surface area contributed by atoms with Gasteiger partial charge in [0.15, 0.2) is 0 Å². The van der Waals surface area contributed by atoms with E-state index in [0.717, 1.165) is 22.4 Å². The number of rotatable bonds is 3. The van der Waals surface area contributed by atoms with Crippen molar-refractivity contribution in [2.75, 3.05) is 4.90 Å². The van der Waals surface area contributed by atoms with E-state index in [9.17, 15) is 9.59 Å². The number of nitrogens with one attached hydrogen (secondary N) is 1. The Labute approximate surface area is 151 Å². The van der Waals surface area contributed by atoms with Crippen LogP contribution in [0.4, 0.5) is 5.69 Å². The van der Waals surface area contributed by atoms with Gasteiger partial charge in [0.25, 0.3) is 0 Å². The van der Waals surface area contributed by atoms with Crippen LogP contribution in [0, 0.1) is 12.3 Å². The molecule has 1 aliphatic heterocycles. The Hall–Kier alpha value is -3.14. The van der Waals surface area contributed by atoms with E-state index in [1.165, 1.54) is 6.92 Å². The highest BCUT2D eigenvalue weighted by molar-refractivity contribution is 5.95. The van der Waals surface area contributed by atoms with Gasteiger partial charge in [0.2, 0.25) is 5.91 Å². The number of hydrazine groups is 1. The van der Waals surface area contributed by atoms with Crippen molar-refractivity contribution in [1.29, 1.82) is 0 Å². The van der Waals surface area contributed by atoms with Gasteiger partial charge in [-0.1, -0.05) is 24.1 Å². The van der Waals surface area contributed by atoms with Crippen LogP contribution in [0.15, 0.2) is 42.5 Å². The summed E-state index contributed by atoms with van der Waals surface area (Å²) in [6.07, 6.45) is 6.12. The zero-order chi connectivity index (χ0) is 18.8. The Morgan fingerprint density at radius 3 is 2.42 bits per heavy atom. The maximum absolute atomic E-state index is 12.1. The summed E-state index contributed by atoms with van der Waals surface area (Å²) in [5.41, 5.74) is 6.41. The predicted molar refractivity (Wildman–Crippen MR) is 99.3 cm³/mol. The van der Waals surface area contributed by atoms with E-state index in [1.54, 1.807) is 29.2 Å². The largest absolute Gasteiger partial charge is 0.478 e. The minimum atomic E-state index is -0.966. The van der Waals surface area contributed by atoms with Gasteiger partial charge in [-0.15, -0.1) is 6.42 Å². The first kappa shape index (κ1) is 17.7. The highest BCUT2D eigenvalue weighted by Crippen LogP contribution is 2.39. The number of carboxylic acids is 1. The number of hydrogen-bond donors (Lipinski definition) is 3. The standard InChI is InChI=1S/C20H19N3O3/c1-3-16-11-18(22-21)17-10-15(8-9-19(17)23(16)12(2)24)13-4-6-14(7-5-13)20(25)26/h1,4-10,16,18,22H,11,21H2,2H3,(H,25,26)/t16-,18+/m0/s1. The molecule has 0 aromatic heterocycles. The van der Waals surface area contributed by atoms with Crippen LogP contribution in [0.5, 0.6) is 0 Å². The SMILES string of the molecule is C#C[C@H]1C[C@@H](NN)c2cc(-c3ccc(C(=O)O)cc3)ccc2N1C(C)=O. The van der Waals surface area contributed by atoms with Gasteiger partial charge in [-0.3, -0.25) is 21.0 Å². The molecule has 4 N–H and O–H groups in total. The molecular formula is C20H19N3O3. The van der Waals surface area contributed by atoms with Gasteiger partial charge >= 0.3 is 5.97 Å². The summed E-state index contributed by atoms with van der Waals surface area (Å²) in [6.45, 7) is 1.49. The molecule has 0 bridgehead atoms. The number of benzene rings is 2. The number of nitrogens with two attached hydrogens (primary N) is 1. The maximum atomic E-state index is 12.1. The van der Waals surface area contributed by atoms with Crippen LogP contribution in [-0.2, 0) is 4.79 Å². The average Bonchev–Trinajstić information content (AvgIpc) is 2.65. The highest BCUT2D eigenvalue weighted by atomic mass is 16.4. The molecule has 2 aromatic rings. The van der Waals surface area contributed by atoms with Gasteiger partial charge < -0.3 is 5.11 Å². The molecule has 0 saturated heterocycles. The lowest BCUT2D eigenvalue weighted by atomic mass is 9.89. The lowest BCUT2D eigenvalue weighted by Crippen LogP contribution is -2.46. The van der Waals surface area contributed by atoms with Crippen LogP contribution in [0.2, 0.25) is 0 Å². The summed E-state index contributed by atoms with van der Waals surface area (Å²) in [7, 11) is 0. The molecule has 2 aromatic carbocycles. The third kappa shape index (κ3) is 3.06. The minimum absolute atomic E-state index is 0.122. The Morgan fingerprint density at radius 1 is 1.23 bits per heavy atom. The number of amides is 1. The first-order chi connectivity index (χ1) is 12.5. The van der Waals surface area contributed by atoms with Crippen molar-refractivity contribution in [2.24, 2.45) is 5.84 Å². The molecule has 0 fully saturated rings. The molecule has 0 spiro atoms. The van der Waals surface area contributed by atoms with Crippen molar-refractivity contribution in [3.05, 3.63) is 53.6 Å². The summed E-state index contributed by atoms with van der Waals surface area (Å²) in [4.78, 5) is 24.7. The molecule has 1 heterocycles. The minimum Gasteiger partial charge on any atom is -0.478 e. The monoisotopic (exact) mass is 349 g/mol. The number of anilines is 1. The van der Waals surface area contributed by atoms with Crippen LogP contribution >= 0.6 is 0 Å². The van der Waals surface area contributed by atoms with Crippen molar-refractivity contribution in [2.45, 2.75) is 25.4 Å². The third-order valence-corrected chi connectivity index (χ3v) is 4.63. The lowest BCUT2D eigenvalue weighted by Gasteiger charge is -2.38. The topological polar surface area (TPSA) is 95.7 Å². The first-order valence-corrected chi connectivity index (χ1v) is 8.16. The molecule has 0 unspecified atom stereocenters. The fraction of sp³-hybridized carbons (Fsp3) is 0.200. The van der Waals surface area contributed by atoms with Gasteiger partial charge in [0.05, 0.1) is 17.6 Å². The number of fused-ring (bicyclic) bond motifs is 1. The van der Waals surface area contributed by atoms with Crippen molar-refractivity contribution >= 4 is 17.6 Å². The van der Waals surface area contributed by atoms with Crippen LogP contribution < -0.4 is 16.2 Å². The smallest absolute Gasteiger partial charge is 0.335 e. The van der Waals surface area contributed by atoms with Gasteiger partial charge in [-0.05, 0) is 41.0 Å². The van der Waals surface area contributed by atoms with Crippen molar-refractivity contribution in [3.63, 3.8) is 0 Å². The Bertz CT molecular complexity index is 900. The molecule has 132 valence electrons. The van der Waals surface area contributed by atoms with Crippen LogP contribution in [0.3, 0.4) is 0 Å². The number of carbonyl (C=O) groups excluding carboxylic acids is 1. The average molecular weight is 349 g/mol. The van der Waals surface area contributed by atoms with E-state index in [1.807, 2.05) is 18.2 Å². The summed E-state index contributed by atoms with van der Waals surface area (Å²) >= 11 is 0. The second-order valence-corrected chi connectivity index (χ2v) is 6.18. The van der Waals surface area contributed by atoms with E-state index in [-0.39, 0.29) is 23.6 Å². The summed E-state index contributed by atoms with van der Waals surface area (Å²) < 4.78 is 0. The number of carboxylic acid groups (broad SMARTS) is 1. The van der Waals surface area contributed by atoms with E-state index in [2.05, 4.69) is 11.3 Å². The molecule has 0 aliphatic carbocycles. The van der Waals surface area contributed by atoms with Gasteiger partial charge in [-0.25, -0.2) is 4.79 Å². The van der Waals surface area contributed by atoms with Crippen LogP contribution in [0.1, 0.15) is 35.3 Å². The molecule has 1 amide bonds. The van der Waals surface area contributed by atoms with Crippen molar-refractivity contribution < 1.29 is 14.7 Å². The van der Waals surface area contributed by atoms with Gasteiger partial charge in [-0.2, -0.15) is 0 Å². The molecule has 6 heteroatoms. The first-order valence-electron chi connectivity index (χ1n) is 8.16. The molecule has 0 saturated carbocycles. The quantitative estimate of drug-likeness (QED) is 0.449. The summed E-state index contributed by atoms with van der Waals surface area (Å²) in [6, 6.07) is 11.8. The van der Waals surface area contributed by atoms with E-state index >= 15 is 0 Å². The van der Waals surface area contributed by atoms with Gasteiger partial charge in [0.1, 0.15) is 0 Å². The number of hydrogen-bond acceptors (Lipinski definition) is 4. The molecule has 0 radical (unpaired) electrons. The zero-order valence-corrected chi connectivity index (χ0v) is 14.3. The maximum Gasteiger partial charge on any atom is 0.335 e. The molecule has 3 rings (SSSR count). The van der Waals surface area contributed by atoms with E-state index in [4.69, 9.17) is 17.4 Å². The molecule has 2 atom stereocenters. The highest BCUT2D eigenvalue weighted by Gasteiger charge is 2.33. The normalized spacial score (nSPS) is 18.7. The fourth-order valence-corrected chi connectivity index (χ4v) is 3.35. The second-order valence-electron chi connectivity index (χ2n) is 6.18. The number of nitrogens with zero attached hydrogens (tertiary/aromatic N) is 1. The Morgan fingerprint density at radius 2 is 1.88 bits per heavy atom. The predicted octanol–water partition coefficient (Wildman–Crippen LogP) is 2.31. The Balaban J connectivity index is 2.07. The van der Waals surface area contributed by atoms with E-state index in [0.29, 0.717) is 6.42 Å². The number of aromatic carboxylic acids is 1. The van der Waals surface area contributed by atoms with Crippen LogP contribution in [-0.4, -0.2) is 23.0 Å². The van der Waals surface area contributed by atoms with Gasteiger partial charge in [0, 0.05) is 19.0 Å². The van der Waals surface area contributed by atoms with Crippen molar-refractivity contribution in [1.82, 2.24) is 5.43 Å². The number of carbonyl (C=O) groups is 2. The second kappa shape index (κ2) is 7.00. The zero-order valence-electron chi connectivity index (χ0n) is 14.3. The van der Waals surface area contributed by atoms with E-state index < -0.39 is 5.97 Å². The van der Waals surface area contributed by atoms with Crippen LogP contribution in [0.25, 0.3) is 11.1 Å². The Kier molecular flexibility index (Phi) is 4.76. The summed E-state index contributed by atoms with van der Waals surface area (Å²) in [5, 5.41) is 9.02. The lowest BCUT2D eigenvalue weighted by molar-refractivity contribution is -0.117. The fourth-order valence-electron chi connectivity index (χ4n) is 3.35. The molecule has 6 nitrogen and oxygen atoms in total. The third-order valence-electron chi connectivity index (χ3n) is 4.63. The molecule has 26 heavy (non-hydrogen) atoms. The summed E-state index contributed by atoms with van der Waals surface area (Å²) in [5.74, 6) is 7.28.